The van der Waals surface area contributed by atoms with Gasteiger partial charge in [-0.3, -0.25) is 0 Å². The Morgan fingerprint density at radius 2 is 1.92 bits per heavy atom. The maximum atomic E-state index is 11.3. The molecule has 6 heteroatoms. The van der Waals surface area contributed by atoms with Gasteiger partial charge in [0.2, 0.25) is 0 Å². The molecule has 0 aromatic carbocycles. The van der Waals surface area contributed by atoms with E-state index in [1.54, 1.807) is 20.9 Å². The smallest absolute Gasteiger partial charge is 0.166 e. The van der Waals surface area contributed by atoms with Crippen LogP contribution in [0.1, 0.15) is 13.8 Å². The summed E-state index contributed by atoms with van der Waals surface area (Å²) in [6.45, 7) is 3.63. The molecule has 4 nitrogen and oxygen atoms in total. The van der Waals surface area contributed by atoms with Crippen LogP contribution >= 0.6 is 12.2 Å². The summed E-state index contributed by atoms with van der Waals surface area (Å²) in [4.78, 5) is 0. The van der Waals surface area contributed by atoms with Gasteiger partial charge in [-0.05, 0) is 26.1 Å². The van der Waals surface area contributed by atoms with Gasteiger partial charge in [0.25, 0.3) is 0 Å². The van der Waals surface area contributed by atoms with Crippen molar-refractivity contribution in [3.05, 3.63) is 0 Å². The monoisotopic (exact) mass is 224 g/mol. The summed E-state index contributed by atoms with van der Waals surface area (Å²) >= 11 is 4.83. The highest BCUT2D eigenvalue weighted by atomic mass is 32.2. The van der Waals surface area contributed by atoms with Crippen molar-refractivity contribution in [2.75, 3.05) is 19.8 Å². The largest absolute Gasteiger partial charge is 0.366 e. The maximum absolute atomic E-state index is 11.3. The first kappa shape index (κ1) is 12.6. The van der Waals surface area contributed by atoms with E-state index in [9.17, 15) is 8.42 Å². The minimum atomic E-state index is -3.06. The summed E-state index contributed by atoms with van der Waals surface area (Å²) < 4.78 is 21.7. The predicted molar refractivity (Wildman–Crippen MR) is 58.6 cm³/mol. The standard InChI is InChI=1S/C7H16N2O2S2/c1-7(2,13(4,10)11)5-9-6(12)8-3/h5H2,1-4H3,(H2,8,9,12). The summed E-state index contributed by atoms with van der Waals surface area (Å²) in [7, 11) is -1.37. The molecule has 0 radical (unpaired) electrons. The van der Waals surface area contributed by atoms with E-state index >= 15 is 0 Å². The molecule has 0 aliphatic heterocycles. The highest BCUT2D eigenvalue weighted by Crippen LogP contribution is 2.12. The molecule has 0 bridgehead atoms. The van der Waals surface area contributed by atoms with E-state index in [0.717, 1.165) is 0 Å². The van der Waals surface area contributed by atoms with Crippen LogP contribution in [0.25, 0.3) is 0 Å². The van der Waals surface area contributed by atoms with Gasteiger partial charge in [0.1, 0.15) is 0 Å². The molecule has 0 aromatic rings. The van der Waals surface area contributed by atoms with Crippen molar-refractivity contribution in [2.24, 2.45) is 0 Å². The van der Waals surface area contributed by atoms with E-state index in [1.807, 2.05) is 0 Å². The first-order valence-corrected chi connectivity index (χ1v) is 6.16. The second-order valence-electron chi connectivity index (χ2n) is 3.46. The molecule has 0 unspecified atom stereocenters. The Bertz CT molecular complexity index is 283. The van der Waals surface area contributed by atoms with Crippen LogP contribution in [-0.2, 0) is 9.84 Å². The van der Waals surface area contributed by atoms with Gasteiger partial charge in [0, 0.05) is 19.8 Å². The summed E-state index contributed by atoms with van der Waals surface area (Å²) in [6, 6.07) is 0. The van der Waals surface area contributed by atoms with E-state index in [0.29, 0.717) is 11.7 Å². The Hall–Kier alpha value is -0.360. The van der Waals surface area contributed by atoms with Crippen LogP contribution in [0, 0.1) is 0 Å². The molecule has 0 saturated carbocycles. The lowest BCUT2D eigenvalue weighted by Crippen LogP contribution is -2.46. The molecular formula is C7H16N2O2S2. The molecule has 0 atom stereocenters. The van der Waals surface area contributed by atoms with Crippen LogP contribution < -0.4 is 10.6 Å². The van der Waals surface area contributed by atoms with Gasteiger partial charge in [0.15, 0.2) is 14.9 Å². The van der Waals surface area contributed by atoms with Crippen molar-refractivity contribution in [3.63, 3.8) is 0 Å². The van der Waals surface area contributed by atoms with Crippen LogP contribution in [0.5, 0.6) is 0 Å². The van der Waals surface area contributed by atoms with E-state index < -0.39 is 14.6 Å². The highest BCUT2D eigenvalue weighted by Gasteiger charge is 2.29. The lowest BCUT2D eigenvalue weighted by Gasteiger charge is -2.23. The predicted octanol–water partition coefficient (Wildman–Crippen LogP) is -0.0965. The summed E-state index contributed by atoms with van der Waals surface area (Å²) in [5, 5.41) is 5.99. The molecule has 0 aromatic heterocycles. The third kappa shape index (κ3) is 3.91. The van der Waals surface area contributed by atoms with Crippen LogP contribution in [-0.4, -0.2) is 38.1 Å². The average molecular weight is 224 g/mol. The Morgan fingerprint density at radius 3 is 2.23 bits per heavy atom. The van der Waals surface area contributed by atoms with Crippen LogP contribution in [0.4, 0.5) is 0 Å². The van der Waals surface area contributed by atoms with Crippen molar-refractivity contribution in [1.29, 1.82) is 0 Å². The van der Waals surface area contributed by atoms with Crippen LogP contribution in [0.15, 0.2) is 0 Å². The number of hydrogen-bond donors (Lipinski definition) is 2. The maximum Gasteiger partial charge on any atom is 0.166 e. The SMILES string of the molecule is CNC(=S)NCC(C)(C)S(C)(=O)=O. The van der Waals surface area contributed by atoms with E-state index in [1.165, 1.54) is 6.26 Å². The Labute approximate surface area is 85.0 Å². The van der Waals surface area contributed by atoms with Gasteiger partial charge in [-0.25, -0.2) is 8.42 Å². The fourth-order valence-electron chi connectivity index (χ4n) is 0.513. The molecular weight excluding hydrogens is 208 g/mol. The van der Waals surface area contributed by atoms with Crippen molar-refractivity contribution >= 4 is 27.2 Å². The first-order valence-electron chi connectivity index (χ1n) is 3.86. The molecule has 0 aliphatic rings. The zero-order valence-electron chi connectivity index (χ0n) is 8.34. The molecule has 2 N–H and O–H groups in total. The van der Waals surface area contributed by atoms with Gasteiger partial charge in [-0.1, -0.05) is 0 Å². The molecule has 0 fully saturated rings. The number of nitrogens with one attached hydrogen (secondary N) is 2. The lowest BCUT2D eigenvalue weighted by molar-refractivity contribution is 0.546. The number of sulfone groups is 1. The van der Waals surface area contributed by atoms with Gasteiger partial charge < -0.3 is 10.6 Å². The molecule has 0 heterocycles. The number of thiocarbonyl (C=S) groups is 1. The van der Waals surface area contributed by atoms with Crippen molar-refractivity contribution in [2.45, 2.75) is 18.6 Å². The minimum Gasteiger partial charge on any atom is -0.366 e. The third-order valence-electron chi connectivity index (χ3n) is 1.91. The molecule has 0 saturated heterocycles. The minimum absolute atomic E-state index is 0.311. The molecule has 0 aliphatic carbocycles. The molecule has 13 heavy (non-hydrogen) atoms. The van der Waals surface area contributed by atoms with Gasteiger partial charge in [-0.2, -0.15) is 0 Å². The Kier molecular flexibility index (Phi) is 4.12. The highest BCUT2D eigenvalue weighted by molar-refractivity contribution is 7.92. The van der Waals surface area contributed by atoms with E-state index in [2.05, 4.69) is 10.6 Å². The Balaban J connectivity index is 4.29. The van der Waals surface area contributed by atoms with Gasteiger partial charge in [-0.15, -0.1) is 0 Å². The average Bonchev–Trinajstić information content (AvgIpc) is 1.98. The molecule has 0 amide bonds. The van der Waals surface area contributed by atoms with Crippen molar-refractivity contribution < 1.29 is 8.42 Å². The number of hydrogen-bond acceptors (Lipinski definition) is 3. The first-order chi connectivity index (χ1) is 5.70. The fraction of sp³-hybridized carbons (Fsp3) is 0.857. The quantitative estimate of drug-likeness (QED) is 0.656. The van der Waals surface area contributed by atoms with Crippen LogP contribution in [0.3, 0.4) is 0 Å². The molecule has 0 spiro atoms. The van der Waals surface area contributed by atoms with Gasteiger partial charge in [0.05, 0.1) is 4.75 Å². The zero-order chi connectivity index (χ0) is 10.7. The zero-order valence-corrected chi connectivity index (χ0v) is 9.97. The van der Waals surface area contributed by atoms with Gasteiger partial charge >= 0.3 is 0 Å². The van der Waals surface area contributed by atoms with E-state index in [-0.39, 0.29) is 0 Å². The third-order valence-corrected chi connectivity index (χ3v) is 4.41. The van der Waals surface area contributed by atoms with Crippen molar-refractivity contribution in [3.8, 4) is 0 Å². The summed E-state index contributed by atoms with van der Waals surface area (Å²) in [6.07, 6.45) is 1.22. The molecule has 78 valence electrons. The lowest BCUT2D eigenvalue weighted by atomic mass is 10.2. The molecule has 0 rings (SSSR count). The topological polar surface area (TPSA) is 58.2 Å². The fourth-order valence-corrected chi connectivity index (χ4v) is 0.919. The second-order valence-corrected chi connectivity index (χ2v) is 6.52. The van der Waals surface area contributed by atoms with E-state index in [4.69, 9.17) is 12.2 Å². The second kappa shape index (κ2) is 4.23. The summed E-state index contributed by atoms with van der Waals surface area (Å²) in [5.41, 5.74) is 0. The van der Waals surface area contributed by atoms with Crippen LogP contribution in [0.2, 0.25) is 0 Å². The van der Waals surface area contributed by atoms with Crippen molar-refractivity contribution in [1.82, 2.24) is 10.6 Å². The normalized spacial score (nSPS) is 12.3. The number of rotatable bonds is 3. The summed E-state index contributed by atoms with van der Waals surface area (Å²) in [5.74, 6) is 0. The Morgan fingerprint density at radius 1 is 1.46 bits per heavy atom.